The zero-order valence-corrected chi connectivity index (χ0v) is 15.0. The molecule has 0 spiro atoms. The molecule has 3 N–H and O–H groups in total. The van der Waals surface area contributed by atoms with Crippen molar-refractivity contribution in [3.8, 4) is 0 Å². The van der Waals surface area contributed by atoms with Gasteiger partial charge in [0.05, 0.1) is 0 Å². The Hall–Kier alpha value is -0.430. The van der Waals surface area contributed by atoms with Crippen LogP contribution >= 0.6 is 27.3 Å². The Morgan fingerprint density at radius 1 is 1.55 bits per heavy atom. The van der Waals surface area contributed by atoms with Crippen LogP contribution in [0.5, 0.6) is 0 Å². The highest BCUT2D eigenvalue weighted by Crippen LogP contribution is 2.21. The molecule has 4 nitrogen and oxygen atoms in total. The molecule has 0 aromatic carbocycles. The van der Waals surface area contributed by atoms with Gasteiger partial charge in [0.2, 0.25) is 5.91 Å². The van der Waals surface area contributed by atoms with Gasteiger partial charge in [-0.25, -0.2) is 0 Å². The van der Waals surface area contributed by atoms with Crippen LogP contribution in [0, 0.1) is 0 Å². The molecular formula is C14H24BrN3OS. The van der Waals surface area contributed by atoms with Gasteiger partial charge < -0.3 is 11.1 Å². The molecule has 1 aromatic rings. The van der Waals surface area contributed by atoms with Crippen LogP contribution in [0.4, 0.5) is 0 Å². The van der Waals surface area contributed by atoms with E-state index in [1.54, 1.807) is 11.3 Å². The third-order valence-electron chi connectivity index (χ3n) is 2.86. The first-order valence-corrected chi connectivity index (χ1v) is 8.33. The molecule has 0 radical (unpaired) electrons. The Bertz CT molecular complexity index is 442. The Kier molecular flexibility index (Phi) is 6.64. The molecule has 1 rings (SSSR count). The van der Waals surface area contributed by atoms with E-state index in [-0.39, 0.29) is 17.5 Å². The number of amides is 1. The van der Waals surface area contributed by atoms with E-state index in [4.69, 9.17) is 5.73 Å². The van der Waals surface area contributed by atoms with E-state index < -0.39 is 0 Å². The largest absolute Gasteiger partial charge is 0.351 e. The van der Waals surface area contributed by atoms with Crippen LogP contribution < -0.4 is 11.1 Å². The van der Waals surface area contributed by atoms with Gasteiger partial charge in [0, 0.05) is 45.8 Å². The van der Waals surface area contributed by atoms with Crippen LogP contribution in [0.1, 0.15) is 32.1 Å². The summed E-state index contributed by atoms with van der Waals surface area (Å²) in [7, 11) is 2.01. The van der Waals surface area contributed by atoms with Crippen molar-refractivity contribution in [1.82, 2.24) is 10.2 Å². The molecule has 0 aliphatic rings. The number of rotatable bonds is 6. The summed E-state index contributed by atoms with van der Waals surface area (Å²) >= 11 is 5.16. The fraction of sp³-hybridized carbons (Fsp3) is 0.643. The lowest BCUT2D eigenvalue weighted by molar-refractivity contribution is -0.123. The lowest BCUT2D eigenvalue weighted by atomic mass is 10.1. The number of hydrogen-bond donors (Lipinski definition) is 2. The minimum Gasteiger partial charge on any atom is -0.351 e. The van der Waals surface area contributed by atoms with Crippen LogP contribution in [-0.4, -0.2) is 36.0 Å². The van der Waals surface area contributed by atoms with Crippen molar-refractivity contribution < 1.29 is 4.79 Å². The van der Waals surface area contributed by atoms with Crippen LogP contribution in [0.3, 0.4) is 0 Å². The second-order valence-electron chi connectivity index (χ2n) is 6.04. The van der Waals surface area contributed by atoms with Crippen molar-refractivity contribution in [1.29, 1.82) is 0 Å². The summed E-state index contributed by atoms with van der Waals surface area (Å²) in [6, 6.07) is 2.16. The second-order valence-corrected chi connectivity index (χ2v) is 7.95. The zero-order valence-electron chi connectivity index (χ0n) is 12.6. The van der Waals surface area contributed by atoms with Gasteiger partial charge >= 0.3 is 0 Å². The summed E-state index contributed by atoms with van der Waals surface area (Å²) in [4.78, 5) is 15.4. The summed E-state index contributed by atoms with van der Waals surface area (Å²) in [5, 5.41) is 5.04. The van der Waals surface area contributed by atoms with Gasteiger partial charge in [-0.3, -0.25) is 9.69 Å². The average molecular weight is 362 g/mol. The first-order valence-electron chi connectivity index (χ1n) is 6.65. The van der Waals surface area contributed by atoms with E-state index in [2.05, 4.69) is 37.6 Å². The van der Waals surface area contributed by atoms with E-state index in [9.17, 15) is 4.79 Å². The molecule has 1 amide bonds. The number of thiophene rings is 1. The highest BCUT2D eigenvalue weighted by atomic mass is 79.9. The molecule has 1 heterocycles. The van der Waals surface area contributed by atoms with Crippen LogP contribution in [0.25, 0.3) is 0 Å². The second kappa shape index (κ2) is 7.54. The minimum absolute atomic E-state index is 0.0483. The molecule has 114 valence electrons. The smallest absolute Gasteiger partial charge is 0.222 e. The fourth-order valence-corrected chi connectivity index (χ4v) is 3.43. The first-order chi connectivity index (χ1) is 9.21. The lowest BCUT2D eigenvalue weighted by Crippen LogP contribution is -2.46. The number of nitrogens with two attached hydrogens (primary N) is 1. The summed E-state index contributed by atoms with van der Waals surface area (Å²) in [5.74, 6) is 0.0483. The summed E-state index contributed by atoms with van der Waals surface area (Å²) in [6.07, 6.45) is 0.427. The number of carbonyl (C=O) groups excluding carboxylic acids is 1. The maximum Gasteiger partial charge on any atom is 0.222 e. The lowest BCUT2D eigenvalue weighted by Gasteiger charge is -2.28. The molecule has 1 unspecified atom stereocenters. The summed E-state index contributed by atoms with van der Waals surface area (Å²) < 4.78 is 1.10. The molecule has 0 bridgehead atoms. The van der Waals surface area contributed by atoms with E-state index >= 15 is 0 Å². The minimum atomic E-state index is -0.201. The highest BCUT2D eigenvalue weighted by molar-refractivity contribution is 9.10. The van der Waals surface area contributed by atoms with E-state index in [0.29, 0.717) is 13.0 Å². The van der Waals surface area contributed by atoms with Crippen LogP contribution in [0.2, 0.25) is 0 Å². The summed E-state index contributed by atoms with van der Waals surface area (Å²) in [5.41, 5.74) is 5.62. The molecule has 0 aliphatic heterocycles. The molecule has 0 aliphatic carbocycles. The maximum absolute atomic E-state index is 12.0. The Balaban J connectivity index is 2.54. The van der Waals surface area contributed by atoms with Crippen molar-refractivity contribution in [3.63, 3.8) is 0 Å². The van der Waals surface area contributed by atoms with Gasteiger partial charge in [0.1, 0.15) is 0 Å². The van der Waals surface area contributed by atoms with Crippen molar-refractivity contribution >= 4 is 33.2 Å². The van der Waals surface area contributed by atoms with Crippen molar-refractivity contribution in [2.75, 3.05) is 13.6 Å². The topological polar surface area (TPSA) is 58.4 Å². The molecule has 1 atom stereocenters. The van der Waals surface area contributed by atoms with Gasteiger partial charge in [-0.1, -0.05) is 0 Å². The van der Waals surface area contributed by atoms with E-state index in [1.165, 1.54) is 4.88 Å². The molecule has 20 heavy (non-hydrogen) atoms. The molecule has 1 aromatic heterocycles. The standard InChI is InChI=1S/C14H24BrN3OS/c1-14(2,3)17-13(19)6-11(7-16)18(4)8-12-5-10(15)9-20-12/h5,9,11H,6-8,16H2,1-4H3,(H,17,19). The molecule has 0 saturated carbocycles. The van der Waals surface area contributed by atoms with Gasteiger partial charge in [-0.05, 0) is 49.8 Å². The Morgan fingerprint density at radius 3 is 2.65 bits per heavy atom. The van der Waals surface area contributed by atoms with Gasteiger partial charge in [0.25, 0.3) is 0 Å². The number of carbonyl (C=O) groups is 1. The number of nitrogens with zero attached hydrogens (tertiary/aromatic N) is 1. The Morgan fingerprint density at radius 2 is 2.20 bits per heavy atom. The molecular weight excluding hydrogens is 338 g/mol. The zero-order chi connectivity index (χ0) is 15.3. The predicted molar refractivity (Wildman–Crippen MR) is 88.8 cm³/mol. The van der Waals surface area contributed by atoms with Gasteiger partial charge in [-0.15, -0.1) is 11.3 Å². The average Bonchev–Trinajstić information content (AvgIpc) is 2.69. The van der Waals surface area contributed by atoms with Crippen LogP contribution in [0.15, 0.2) is 15.9 Å². The maximum atomic E-state index is 12.0. The molecule has 0 saturated heterocycles. The SMILES string of the molecule is CN(Cc1cc(Br)cs1)C(CN)CC(=O)NC(C)(C)C. The highest BCUT2D eigenvalue weighted by Gasteiger charge is 2.20. The number of likely N-dealkylation sites (N-methyl/N-ethyl adjacent to an activating group) is 1. The third kappa shape index (κ3) is 6.35. The number of halogens is 1. The molecule has 6 heteroatoms. The van der Waals surface area contributed by atoms with Crippen molar-refractivity contribution in [2.24, 2.45) is 5.73 Å². The fourth-order valence-electron chi connectivity index (χ4n) is 1.91. The number of nitrogens with one attached hydrogen (secondary N) is 1. The van der Waals surface area contributed by atoms with Gasteiger partial charge in [-0.2, -0.15) is 0 Å². The van der Waals surface area contributed by atoms with E-state index in [0.717, 1.165) is 11.0 Å². The van der Waals surface area contributed by atoms with Crippen molar-refractivity contribution in [3.05, 3.63) is 20.8 Å². The monoisotopic (exact) mass is 361 g/mol. The molecule has 0 fully saturated rings. The summed E-state index contributed by atoms with van der Waals surface area (Å²) in [6.45, 7) is 7.22. The Labute approximate surface area is 133 Å². The predicted octanol–water partition coefficient (Wildman–Crippen LogP) is 2.57. The normalized spacial score (nSPS) is 13.6. The van der Waals surface area contributed by atoms with Crippen LogP contribution in [-0.2, 0) is 11.3 Å². The number of hydrogen-bond acceptors (Lipinski definition) is 4. The third-order valence-corrected chi connectivity index (χ3v) is 4.54. The van der Waals surface area contributed by atoms with E-state index in [1.807, 2.05) is 27.8 Å². The van der Waals surface area contributed by atoms with Crippen molar-refractivity contribution in [2.45, 2.75) is 45.3 Å². The quantitative estimate of drug-likeness (QED) is 0.818. The van der Waals surface area contributed by atoms with Gasteiger partial charge in [0.15, 0.2) is 0 Å². The first kappa shape index (κ1) is 17.6.